The Morgan fingerprint density at radius 1 is 1.11 bits per heavy atom. The molecule has 0 aromatic heterocycles. The van der Waals surface area contributed by atoms with Crippen molar-refractivity contribution in [2.75, 3.05) is 7.11 Å². The van der Waals surface area contributed by atoms with Crippen LogP contribution in [0.1, 0.15) is 59.8 Å². The molecule has 6 aliphatic rings. The highest BCUT2D eigenvalue weighted by atomic mass is 16.7. The van der Waals surface area contributed by atoms with Crippen molar-refractivity contribution in [1.29, 1.82) is 0 Å². The van der Waals surface area contributed by atoms with Gasteiger partial charge in [0, 0.05) is 25.4 Å². The molecule has 36 heavy (non-hydrogen) atoms. The van der Waals surface area contributed by atoms with Crippen molar-refractivity contribution in [2.24, 2.45) is 46.8 Å². The lowest BCUT2D eigenvalue weighted by molar-refractivity contribution is -0.304. The Kier molecular flexibility index (Phi) is 5.41. The minimum absolute atomic E-state index is 0.0140. The van der Waals surface area contributed by atoms with E-state index in [0.717, 1.165) is 12.8 Å². The summed E-state index contributed by atoms with van der Waals surface area (Å²) in [5.41, 5.74) is -0.258. The molecule has 0 radical (unpaired) electrons. The summed E-state index contributed by atoms with van der Waals surface area (Å²) in [4.78, 5) is 37.8. The van der Waals surface area contributed by atoms with E-state index in [4.69, 9.17) is 18.9 Å². The van der Waals surface area contributed by atoms with E-state index in [1.54, 1.807) is 13.2 Å². The highest BCUT2D eigenvalue weighted by Crippen LogP contribution is 2.70. The molecule has 4 fully saturated rings. The van der Waals surface area contributed by atoms with Crippen LogP contribution in [-0.2, 0) is 33.3 Å². The number of ketones is 1. The molecular formula is C29H38O7. The molecule has 2 heterocycles. The molecule has 6 rings (SSSR count). The number of allylic oxidation sites excluding steroid dienone is 4. The van der Waals surface area contributed by atoms with Gasteiger partial charge in [-0.15, -0.1) is 0 Å². The monoisotopic (exact) mass is 498 g/mol. The Bertz CT molecular complexity index is 1050. The number of hydrogen-bond donors (Lipinski definition) is 0. The summed E-state index contributed by atoms with van der Waals surface area (Å²) >= 11 is 0. The zero-order chi connectivity index (χ0) is 25.6. The molecule has 0 amide bonds. The first-order valence-electron chi connectivity index (χ1n) is 13.6. The van der Waals surface area contributed by atoms with E-state index in [1.165, 1.54) is 5.57 Å². The van der Waals surface area contributed by atoms with E-state index in [0.29, 0.717) is 25.7 Å². The van der Waals surface area contributed by atoms with Gasteiger partial charge in [-0.05, 0) is 69.3 Å². The second-order valence-electron chi connectivity index (χ2n) is 12.6. The van der Waals surface area contributed by atoms with Crippen molar-refractivity contribution < 1.29 is 33.3 Å². The van der Waals surface area contributed by atoms with Crippen LogP contribution < -0.4 is 0 Å². The van der Waals surface area contributed by atoms with Gasteiger partial charge in [0.25, 0.3) is 6.47 Å². The largest absolute Gasteiger partial charge is 0.464 e. The predicted octanol–water partition coefficient (Wildman–Crippen LogP) is 4.00. The van der Waals surface area contributed by atoms with Crippen LogP contribution in [0.15, 0.2) is 23.8 Å². The molecule has 2 saturated heterocycles. The van der Waals surface area contributed by atoms with Crippen LogP contribution in [0.25, 0.3) is 0 Å². The molecule has 0 N–H and O–H groups in total. The molecule has 0 spiro atoms. The fourth-order valence-electron chi connectivity index (χ4n) is 9.24. The minimum atomic E-state index is -0.933. The molecule has 0 aromatic carbocycles. The van der Waals surface area contributed by atoms with Crippen molar-refractivity contribution in [3.8, 4) is 0 Å². The Hall–Kier alpha value is -1.99. The summed E-state index contributed by atoms with van der Waals surface area (Å²) in [7, 11) is 1.69. The Labute approximate surface area is 212 Å². The summed E-state index contributed by atoms with van der Waals surface area (Å²) < 4.78 is 25.2. The summed E-state index contributed by atoms with van der Waals surface area (Å²) in [6.45, 7) is 8.64. The van der Waals surface area contributed by atoms with Gasteiger partial charge in [0.05, 0.1) is 11.3 Å². The molecule has 0 aromatic rings. The number of carbonyl (C=O) groups is 3. The SMILES string of the molecule is CO[C@@]12C[C@H]3[C@@H](CC=C4CC=CC(=O)[C@@]43C)[C@@H]3C[C@H](OC=O)[C@@H]([C@@H]31)[C@](C)([C@@H]1C[C@H](C)[C@@H](C)C(=O)O1)O2. The number of fused-ring (bicyclic) bond motifs is 4. The maximum absolute atomic E-state index is 13.4. The maximum atomic E-state index is 13.4. The van der Waals surface area contributed by atoms with Gasteiger partial charge < -0.3 is 18.9 Å². The summed E-state index contributed by atoms with van der Waals surface area (Å²) in [6, 6.07) is 0. The fourth-order valence-corrected chi connectivity index (χ4v) is 9.24. The fraction of sp³-hybridized carbons (Fsp3) is 0.759. The molecule has 12 atom stereocenters. The van der Waals surface area contributed by atoms with Gasteiger partial charge in [-0.1, -0.05) is 31.6 Å². The summed E-state index contributed by atoms with van der Waals surface area (Å²) in [5.74, 6) is -0.678. The smallest absolute Gasteiger partial charge is 0.309 e. The van der Waals surface area contributed by atoms with E-state index in [-0.39, 0.29) is 59.3 Å². The van der Waals surface area contributed by atoms with Crippen LogP contribution in [0.3, 0.4) is 0 Å². The molecule has 2 aliphatic heterocycles. The summed E-state index contributed by atoms with van der Waals surface area (Å²) in [5, 5.41) is 0. The van der Waals surface area contributed by atoms with Crippen molar-refractivity contribution in [1.82, 2.24) is 0 Å². The number of ether oxygens (including phenoxy) is 4. The average molecular weight is 499 g/mol. The number of rotatable bonds is 4. The van der Waals surface area contributed by atoms with E-state index in [2.05, 4.69) is 19.9 Å². The third kappa shape index (κ3) is 2.96. The maximum Gasteiger partial charge on any atom is 0.309 e. The molecular weight excluding hydrogens is 460 g/mol. The van der Waals surface area contributed by atoms with Crippen LogP contribution >= 0.6 is 0 Å². The van der Waals surface area contributed by atoms with Crippen molar-refractivity contribution in [3.05, 3.63) is 23.8 Å². The van der Waals surface area contributed by atoms with Gasteiger partial charge in [0.2, 0.25) is 0 Å². The topological polar surface area (TPSA) is 88.1 Å². The molecule has 196 valence electrons. The van der Waals surface area contributed by atoms with E-state index < -0.39 is 22.9 Å². The van der Waals surface area contributed by atoms with Gasteiger partial charge in [-0.2, -0.15) is 0 Å². The second-order valence-corrected chi connectivity index (χ2v) is 12.6. The van der Waals surface area contributed by atoms with Crippen LogP contribution in [0.2, 0.25) is 0 Å². The first-order valence-corrected chi connectivity index (χ1v) is 13.6. The average Bonchev–Trinajstić information content (AvgIpc) is 3.37. The number of hydrogen-bond acceptors (Lipinski definition) is 7. The molecule has 0 bridgehead atoms. The van der Waals surface area contributed by atoms with Crippen LogP contribution in [0.4, 0.5) is 0 Å². The first-order chi connectivity index (χ1) is 17.1. The first kappa shape index (κ1) is 24.4. The third-order valence-corrected chi connectivity index (χ3v) is 11.3. The standard InChI is InChI=1S/C29H38O7/c1-15-11-23(35-26(32)16(15)2)28(4)25-21(34-14-30)12-19-18-10-9-17-7-6-8-22(31)27(17,3)20(18)13-29(33-5,36-28)24(19)25/h6,8-9,14-16,18-21,23-25H,7,10-13H2,1-5H3/t15-,16+,18-,19-,20-,21-,23-,24+,25-,27-,28-,29+/m0/s1. The number of esters is 1. The van der Waals surface area contributed by atoms with Crippen molar-refractivity contribution in [2.45, 2.75) is 83.4 Å². The highest BCUT2D eigenvalue weighted by molar-refractivity contribution is 5.98. The number of carbonyl (C=O) groups excluding carboxylic acids is 3. The zero-order valence-corrected chi connectivity index (χ0v) is 21.9. The van der Waals surface area contributed by atoms with Gasteiger partial charge in [-0.25, -0.2) is 0 Å². The number of methoxy groups -OCH3 is 1. The van der Waals surface area contributed by atoms with E-state index in [9.17, 15) is 14.4 Å². The third-order valence-electron chi connectivity index (χ3n) is 11.3. The van der Waals surface area contributed by atoms with E-state index >= 15 is 0 Å². The number of cyclic esters (lactones) is 1. The lowest BCUT2D eigenvalue weighted by atomic mass is 9.49. The molecule has 2 saturated carbocycles. The summed E-state index contributed by atoms with van der Waals surface area (Å²) in [6.07, 6.45) is 8.86. The lowest BCUT2D eigenvalue weighted by Crippen LogP contribution is -2.58. The molecule has 4 aliphatic carbocycles. The van der Waals surface area contributed by atoms with Crippen LogP contribution in [0.5, 0.6) is 0 Å². The minimum Gasteiger partial charge on any atom is -0.464 e. The Balaban J connectivity index is 1.45. The van der Waals surface area contributed by atoms with Gasteiger partial charge in [0.1, 0.15) is 17.8 Å². The van der Waals surface area contributed by atoms with Crippen molar-refractivity contribution >= 4 is 18.2 Å². The molecule has 0 unspecified atom stereocenters. The highest BCUT2D eigenvalue weighted by Gasteiger charge is 2.76. The Morgan fingerprint density at radius 3 is 2.58 bits per heavy atom. The quantitative estimate of drug-likeness (QED) is 0.329. The Morgan fingerprint density at radius 2 is 1.89 bits per heavy atom. The lowest BCUT2D eigenvalue weighted by Gasteiger charge is -2.56. The molecule has 7 nitrogen and oxygen atoms in total. The normalized spacial score (nSPS) is 53.1. The van der Waals surface area contributed by atoms with Crippen LogP contribution in [-0.4, -0.2) is 48.9 Å². The van der Waals surface area contributed by atoms with Gasteiger partial charge >= 0.3 is 5.97 Å². The van der Waals surface area contributed by atoms with Crippen molar-refractivity contribution in [3.63, 3.8) is 0 Å². The van der Waals surface area contributed by atoms with E-state index in [1.807, 2.05) is 19.9 Å². The van der Waals surface area contributed by atoms with Gasteiger partial charge in [-0.3, -0.25) is 14.4 Å². The predicted molar refractivity (Wildman–Crippen MR) is 129 cm³/mol. The second kappa shape index (κ2) is 8.00. The zero-order valence-electron chi connectivity index (χ0n) is 21.9. The van der Waals surface area contributed by atoms with Gasteiger partial charge in [0.15, 0.2) is 11.6 Å². The molecule has 7 heteroatoms. The van der Waals surface area contributed by atoms with Crippen LogP contribution in [0, 0.1) is 46.8 Å².